The minimum absolute atomic E-state index is 0.0537. The molecule has 2 rings (SSSR count). The number of rotatable bonds is 6. The van der Waals surface area contributed by atoms with Gasteiger partial charge >= 0.3 is 0 Å². The molecule has 0 fully saturated rings. The maximum Gasteiger partial charge on any atom is 0.261 e. The molecular formula is C15H18N2O4S2. The molecule has 0 saturated carbocycles. The lowest BCUT2D eigenvalue weighted by atomic mass is 10.2. The summed E-state index contributed by atoms with van der Waals surface area (Å²) < 4.78 is 52.6. The topological polar surface area (TPSA) is 92.3 Å². The predicted octanol–water partition coefficient (Wildman–Crippen LogP) is 2.56. The van der Waals surface area contributed by atoms with E-state index in [0.29, 0.717) is 11.4 Å². The lowest BCUT2D eigenvalue weighted by Crippen LogP contribution is -2.15. The van der Waals surface area contributed by atoms with Crippen LogP contribution >= 0.6 is 0 Å². The highest BCUT2D eigenvalue weighted by Crippen LogP contribution is 2.21. The molecule has 0 spiro atoms. The van der Waals surface area contributed by atoms with Crippen LogP contribution in [0.1, 0.15) is 12.5 Å². The molecular weight excluding hydrogens is 336 g/mol. The number of para-hydroxylation sites is 1. The van der Waals surface area contributed by atoms with Crippen LogP contribution in [0.25, 0.3) is 0 Å². The van der Waals surface area contributed by atoms with Crippen molar-refractivity contribution in [2.75, 3.05) is 15.2 Å². The van der Waals surface area contributed by atoms with Crippen molar-refractivity contribution in [2.24, 2.45) is 0 Å². The zero-order valence-electron chi connectivity index (χ0n) is 12.8. The number of benzene rings is 2. The third kappa shape index (κ3) is 4.46. The third-order valence-electron chi connectivity index (χ3n) is 3.21. The Morgan fingerprint density at radius 3 is 2.04 bits per heavy atom. The highest BCUT2D eigenvalue weighted by atomic mass is 32.2. The number of anilines is 2. The first kappa shape index (κ1) is 17.3. The molecule has 0 aliphatic carbocycles. The van der Waals surface area contributed by atoms with Crippen LogP contribution in [0.5, 0.6) is 0 Å². The molecule has 0 unspecified atom stereocenters. The first-order valence-corrected chi connectivity index (χ1v) is 10.1. The Balaban J connectivity index is 2.23. The van der Waals surface area contributed by atoms with Gasteiger partial charge in [0.05, 0.1) is 16.3 Å². The minimum atomic E-state index is -3.73. The molecule has 0 aliphatic heterocycles. The van der Waals surface area contributed by atoms with E-state index in [1.807, 2.05) is 6.07 Å². The standard InChI is InChI=1S/C15H18N2O4S2/c1-3-22(18,19)16-13-8-10-14(11-9-13)23(20,21)17-15-7-5-4-6-12(15)2/h4-11,16-17H,3H2,1-2H3. The number of hydrogen-bond donors (Lipinski definition) is 2. The molecule has 124 valence electrons. The highest BCUT2D eigenvalue weighted by molar-refractivity contribution is 7.93. The monoisotopic (exact) mass is 354 g/mol. The van der Waals surface area contributed by atoms with Crippen molar-refractivity contribution in [3.05, 3.63) is 54.1 Å². The van der Waals surface area contributed by atoms with Crippen LogP contribution < -0.4 is 9.44 Å². The van der Waals surface area contributed by atoms with E-state index >= 15 is 0 Å². The summed E-state index contributed by atoms with van der Waals surface area (Å²) in [5.41, 5.74) is 1.63. The summed E-state index contributed by atoms with van der Waals surface area (Å²) >= 11 is 0. The smallest absolute Gasteiger partial charge is 0.261 e. The molecule has 0 saturated heterocycles. The molecule has 0 bridgehead atoms. The second-order valence-corrected chi connectivity index (χ2v) is 8.64. The second kappa shape index (κ2) is 6.59. The van der Waals surface area contributed by atoms with E-state index in [1.165, 1.54) is 31.2 Å². The number of hydrogen-bond acceptors (Lipinski definition) is 4. The van der Waals surface area contributed by atoms with Crippen molar-refractivity contribution in [2.45, 2.75) is 18.7 Å². The van der Waals surface area contributed by atoms with Gasteiger partial charge in [0, 0.05) is 5.69 Å². The van der Waals surface area contributed by atoms with Crippen molar-refractivity contribution >= 4 is 31.4 Å². The lowest BCUT2D eigenvalue weighted by molar-refractivity contribution is 0.600. The van der Waals surface area contributed by atoms with Crippen molar-refractivity contribution in [1.82, 2.24) is 0 Å². The van der Waals surface area contributed by atoms with Gasteiger partial charge in [0.2, 0.25) is 10.0 Å². The zero-order chi connectivity index (χ0) is 17.1. The van der Waals surface area contributed by atoms with E-state index in [1.54, 1.807) is 25.1 Å². The quantitative estimate of drug-likeness (QED) is 0.834. The van der Waals surface area contributed by atoms with Gasteiger partial charge in [0.25, 0.3) is 10.0 Å². The molecule has 2 N–H and O–H groups in total. The van der Waals surface area contributed by atoms with Crippen LogP contribution in [0, 0.1) is 6.92 Å². The Bertz CT molecular complexity index is 889. The van der Waals surface area contributed by atoms with Crippen molar-refractivity contribution in [1.29, 1.82) is 0 Å². The van der Waals surface area contributed by atoms with Crippen LogP contribution in [0.4, 0.5) is 11.4 Å². The van der Waals surface area contributed by atoms with Gasteiger partial charge in [-0.25, -0.2) is 16.8 Å². The molecule has 23 heavy (non-hydrogen) atoms. The average molecular weight is 354 g/mol. The van der Waals surface area contributed by atoms with E-state index in [0.717, 1.165) is 5.56 Å². The van der Waals surface area contributed by atoms with Gasteiger partial charge in [-0.15, -0.1) is 0 Å². The highest BCUT2D eigenvalue weighted by Gasteiger charge is 2.15. The van der Waals surface area contributed by atoms with Crippen LogP contribution in [-0.4, -0.2) is 22.6 Å². The maximum absolute atomic E-state index is 12.4. The molecule has 0 aliphatic rings. The van der Waals surface area contributed by atoms with Gasteiger partial charge < -0.3 is 0 Å². The molecule has 8 heteroatoms. The van der Waals surface area contributed by atoms with Crippen LogP contribution in [0.15, 0.2) is 53.4 Å². The predicted molar refractivity (Wildman–Crippen MR) is 91.5 cm³/mol. The van der Waals surface area contributed by atoms with E-state index in [4.69, 9.17) is 0 Å². The fraction of sp³-hybridized carbons (Fsp3) is 0.200. The molecule has 0 amide bonds. The minimum Gasteiger partial charge on any atom is -0.284 e. The largest absolute Gasteiger partial charge is 0.284 e. The number of sulfonamides is 2. The summed E-state index contributed by atoms with van der Waals surface area (Å²) in [6, 6.07) is 12.6. The van der Waals surface area contributed by atoms with Gasteiger partial charge in [-0.2, -0.15) is 0 Å². The van der Waals surface area contributed by atoms with E-state index in [2.05, 4.69) is 9.44 Å². The Labute approximate surface area is 136 Å². The fourth-order valence-electron chi connectivity index (χ4n) is 1.84. The zero-order valence-corrected chi connectivity index (χ0v) is 14.4. The molecule has 0 radical (unpaired) electrons. The van der Waals surface area contributed by atoms with Crippen molar-refractivity contribution in [3.63, 3.8) is 0 Å². The molecule has 6 nitrogen and oxygen atoms in total. The first-order chi connectivity index (χ1) is 10.7. The molecule has 2 aromatic rings. The van der Waals surface area contributed by atoms with E-state index in [9.17, 15) is 16.8 Å². The summed E-state index contributed by atoms with van der Waals surface area (Å²) in [6.07, 6.45) is 0. The Morgan fingerprint density at radius 1 is 0.870 bits per heavy atom. The van der Waals surface area contributed by atoms with Crippen LogP contribution in [0.2, 0.25) is 0 Å². The second-order valence-electron chi connectivity index (χ2n) is 4.95. The van der Waals surface area contributed by atoms with Gasteiger partial charge in [-0.05, 0) is 49.7 Å². The average Bonchev–Trinajstić information content (AvgIpc) is 2.50. The maximum atomic E-state index is 12.4. The number of nitrogens with one attached hydrogen (secondary N) is 2. The molecule has 0 heterocycles. The summed E-state index contributed by atoms with van der Waals surface area (Å²) in [6.45, 7) is 3.33. The van der Waals surface area contributed by atoms with E-state index < -0.39 is 20.0 Å². The molecule has 0 aromatic heterocycles. The Kier molecular flexibility index (Phi) is 4.96. The SMILES string of the molecule is CCS(=O)(=O)Nc1ccc(S(=O)(=O)Nc2ccccc2C)cc1. The summed E-state index contributed by atoms with van der Waals surface area (Å²) in [5.74, 6) is -0.0537. The lowest BCUT2D eigenvalue weighted by Gasteiger charge is -2.11. The van der Waals surface area contributed by atoms with Crippen molar-refractivity contribution < 1.29 is 16.8 Å². The van der Waals surface area contributed by atoms with Crippen LogP contribution in [0.3, 0.4) is 0 Å². The summed E-state index contributed by atoms with van der Waals surface area (Å²) in [7, 11) is -7.12. The summed E-state index contributed by atoms with van der Waals surface area (Å²) in [4.78, 5) is 0.0557. The van der Waals surface area contributed by atoms with Gasteiger partial charge in [-0.3, -0.25) is 9.44 Å². The third-order valence-corrected chi connectivity index (χ3v) is 5.90. The number of aryl methyl sites for hydroxylation is 1. The van der Waals surface area contributed by atoms with Gasteiger partial charge in [0.1, 0.15) is 0 Å². The van der Waals surface area contributed by atoms with Crippen molar-refractivity contribution in [3.8, 4) is 0 Å². The molecule has 0 atom stereocenters. The first-order valence-electron chi connectivity index (χ1n) is 6.92. The van der Waals surface area contributed by atoms with Crippen LogP contribution in [-0.2, 0) is 20.0 Å². The normalized spacial score (nSPS) is 11.9. The Morgan fingerprint density at radius 2 is 1.48 bits per heavy atom. The Hall–Kier alpha value is -2.06. The van der Waals surface area contributed by atoms with E-state index in [-0.39, 0.29) is 10.6 Å². The molecule has 2 aromatic carbocycles. The summed E-state index contributed by atoms with van der Waals surface area (Å²) in [5, 5.41) is 0. The van der Waals surface area contributed by atoms with Gasteiger partial charge in [0.15, 0.2) is 0 Å². The fourth-order valence-corrected chi connectivity index (χ4v) is 3.62. The van der Waals surface area contributed by atoms with Gasteiger partial charge in [-0.1, -0.05) is 18.2 Å².